The zero-order valence-corrected chi connectivity index (χ0v) is 21.9. The highest BCUT2D eigenvalue weighted by molar-refractivity contribution is 6.31. The van der Waals surface area contributed by atoms with Crippen molar-refractivity contribution in [3.8, 4) is 5.75 Å². The predicted octanol–water partition coefficient (Wildman–Crippen LogP) is 5.70. The van der Waals surface area contributed by atoms with E-state index >= 15 is 0 Å². The summed E-state index contributed by atoms with van der Waals surface area (Å²) < 4.78 is 11.7. The molecule has 1 aromatic rings. The molecule has 7 heteroatoms. The first-order chi connectivity index (χ1) is 16.8. The Morgan fingerprint density at radius 1 is 1.11 bits per heavy atom. The van der Waals surface area contributed by atoms with Gasteiger partial charge in [0.2, 0.25) is 5.91 Å². The molecule has 2 saturated carbocycles. The van der Waals surface area contributed by atoms with E-state index < -0.39 is 0 Å². The minimum absolute atomic E-state index is 0.121. The van der Waals surface area contributed by atoms with E-state index in [1.807, 2.05) is 34.9 Å². The first-order valence-electron chi connectivity index (χ1n) is 13.5. The molecule has 1 aromatic carbocycles. The van der Waals surface area contributed by atoms with Crippen molar-refractivity contribution >= 4 is 23.6 Å². The normalized spacial score (nSPS) is 27.2. The van der Waals surface area contributed by atoms with E-state index in [9.17, 15) is 9.59 Å². The standard InChI is InChI=1S/C28H39ClN2O4/c1-3-28(21-7-14-31(15-8-21)26(33)35-27(2)10-11-27)19-22(28)9-16-34-23-6-5-20(24(29)18-23)17-25(32)30-12-4-13-30/h5-6,18,21-22H,3-4,7-17,19H2,1-2H3. The fraction of sp³-hybridized carbons (Fsp3) is 0.714. The van der Waals surface area contributed by atoms with Crippen molar-refractivity contribution in [1.82, 2.24) is 9.80 Å². The molecular weight excluding hydrogens is 464 g/mol. The number of amides is 2. The molecule has 2 unspecified atom stereocenters. The van der Waals surface area contributed by atoms with Crippen LogP contribution in [0.15, 0.2) is 18.2 Å². The maximum Gasteiger partial charge on any atom is 0.410 e. The number of carbonyl (C=O) groups excluding carboxylic acids is 2. The van der Waals surface area contributed by atoms with Gasteiger partial charge >= 0.3 is 6.09 Å². The fourth-order valence-electron chi connectivity index (χ4n) is 6.12. The second-order valence-electron chi connectivity index (χ2n) is 11.4. The number of hydrogen-bond acceptors (Lipinski definition) is 4. The average Bonchev–Trinajstić information content (AvgIpc) is 3.71. The first-order valence-corrected chi connectivity index (χ1v) is 13.9. The van der Waals surface area contributed by atoms with Gasteiger partial charge in [0.1, 0.15) is 11.4 Å². The number of halogens is 1. The molecule has 2 aliphatic carbocycles. The maximum atomic E-state index is 12.4. The smallest absolute Gasteiger partial charge is 0.410 e. The minimum Gasteiger partial charge on any atom is -0.494 e. The average molecular weight is 503 g/mol. The molecule has 0 bridgehead atoms. The summed E-state index contributed by atoms with van der Waals surface area (Å²) in [5.74, 6) is 2.28. The summed E-state index contributed by atoms with van der Waals surface area (Å²) in [7, 11) is 0. The van der Waals surface area contributed by atoms with Gasteiger partial charge in [0.25, 0.3) is 0 Å². The molecule has 2 saturated heterocycles. The number of nitrogens with zero attached hydrogens (tertiary/aromatic N) is 2. The van der Waals surface area contributed by atoms with Crippen molar-refractivity contribution in [2.75, 3.05) is 32.8 Å². The third kappa shape index (κ3) is 5.42. The monoisotopic (exact) mass is 502 g/mol. The number of ether oxygens (including phenoxy) is 2. The molecule has 0 N–H and O–H groups in total. The van der Waals surface area contributed by atoms with Crippen LogP contribution in [-0.2, 0) is 16.0 Å². The van der Waals surface area contributed by atoms with Gasteiger partial charge in [-0.15, -0.1) is 0 Å². The highest BCUT2D eigenvalue weighted by Gasteiger charge is 2.57. The van der Waals surface area contributed by atoms with Gasteiger partial charge in [-0.25, -0.2) is 4.79 Å². The molecule has 6 nitrogen and oxygen atoms in total. The van der Waals surface area contributed by atoms with E-state index in [2.05, 4.69) is 6.92 Å². The lowest BCUT2D eigenvalue weighted by Gasteiger charge is -2.37. The molecule has 0 radical (unpaired) electrons. The molecular formula is C28H39ClN2O4. The molecule has 2 amide bonds. The quantitative estimate of drug-likeness (QED) is 0.434. The van der Waals surface area contributed by atoms with E-state index in [1.54, 1.807) is 0 Å². The van der Waals surface area contributed by atoms with Crippen molar-refractivity contribution in [3.05, 3.63) is 28.8 Å². The summed E-state index contributed by atoms with van der Waals surface area (Å²) >= 11 is 6.45. The van der Waals surface area contributed by atoms with Crippen LogP contribution in [0.25, 0.3) is 0 Å². The Hall–Kier alpha value is -1.95. The van der Waals surface area contributed by atoms with Crippen molar-refractivity contribution in [2.45, 2.75) is 77.2 Å². The second-order valence-corrected chi connectivity index (χ2v) is 11.8. The summed E-state index contributed by atoms with van der Waals surface area (Å²) in [5, 5.41) is 0.603. The molecule has 2 atom stereocenters. The van der Waals surface area contributed by atoms with Gasteiger partial charge < -0.3 is 19.3 Å². The molecule has 0 aromatic heterocycles. The number of piperidine rings is 1. The Labute approximate surface area is 214 Å². The molecule has 5 rings (SSSR count). The number of carbonyl (C=O) groups is 2. The molecule has 35 heavy (non-hydrogen) atoms. The van der Waals surface area contributed by atoms with E-state index in [0.717, 1.165) is 76.0 Å². The van der Waals surface area contributed by atoms with Crippen LogP contribution in [0, 0.1) is 17.3 Å². The zero-order chi connectivity index (χ0) is 24.6. The topological polar surface area (TPSA) is 59.1 Å². The lowest BCUT2D eigenvalue weighted by molar-refractivity contribution is -0.133. The second kappa shape index (κ2) is 9.84. The third-order valence-electron chi connectivity index (χ3n) is 9.10. The Bertz CT molecular complexity index is 952. The largest absolute Gasteiger partial charge is 0.494 e. The van der Waals surface area contributed by atoms with Crippen molar-refractivity contribution < 1.29 is 19.1 Å². The van der Waals surface area contributed by atoms with E-state index in [0.29, 0.717) is 35.3 Å². The number of rotatable bonds is 9. The molecule has 4 aliphatic rings. The van der Waals surface area contributed by atoms with Crippen LogP contribution in [0.4, 0.5) is 4.79 Å². The maximum absolute atomic E-state index is 12.4. The van der Waals surface area contributed by atoms with Crippen molar-refractivity contribution in [2.24, 2.45) is 17.3 Å². The molecule has 0 spiro atoms. The van der Waals surface area contributed by atoms with Gasteiger partial charge in [-0.3, -0.25) is 4.79 Å². The zero-order valence-electron chi connectivity index (χ0n) is 21.2. The Morgan fingerprint density at radius 2 is 1.86 bits per heavy atom. The Kier molecular flexibility index (Phi) is 6.95. The lowest BCUT2D eigenvalue weighted by Crippen LogP contribution is -2.42. The van der Waals surface area contributed by atoms with E-state index in [1.165, 1.54) is 12.8 Å². The van der Waals surface area contributed by atoms with Crippen molar-refractivity contribution in [1.29, 1.82) is 0 Å². The van der Waals surface area contributed by atoms with Crippen LogP contribution in [-0.4, -0.2) is 60.2 Å². The Balaban J connectivity index is 1.06. The fourth-order valence-corrected chi connectivity index (χ4v) is 6.36. The molecule has 4 fully saturated rings. The van der Waals surface area contributed by atoms with Gasteiger partial charge in [0, 0.05) is 31.2 Å². The molecule has 192 valence electrons. The highest BCUT2D eigenvalue weighted by atomic mass is 35.5. The summed E-state index contributed by atoms with van der Waals surface area (Å²) in [6.45, 7) is 8.38. The number of likely N-dealkylation sites (tertiary alicyclic amines) is 2. The van der Waals surface area contributed by atoms with Crippen molar-refractivity contribution in [3.63, 3.8) is 0 Å². The van der Waals surface area contributed by atoms with Crippen LogP contribution in [0.2, 0.25) is 5.02 Å². The summed E-state index contributed by atoms with van der Waals surface area (Å²) in [6, 6.07) is 5.70. The van der Waals surface area contributed by atoms with Crippen LogP contribution in [0.3, 0.4) is 0 Å². The highest BCUT2D eigenvalue weighted by Crippen LogP contribution is 2.64. The number of benzene rings is 1. The summed E-state index contributed by atoms with van der Waals surface area (Å²) in [5.41, 5.74) is 1.07. The van der Waals surface area contributed by atoms with Crippen LogP contribution in [0.5, 0.6) is 5.75 Å². The van der Waals surface area contributed by atoms with Gasteiger partial charge in [-0.05, 0) is 93.2 Å². The summed E-state index contributed by atoms with van der Waals surface area (Å²) in [6.07, 6.45) is 8.96. The van der Waals surface area contributed by atoms with Gasteiger partial charge in [-0.1, -0.05) is 24.6 Å². The summed E-state index contributed by atoms with van der Waals surface area (Å²) in [4.78, 5) is 28.4. The van der Waals surface area contributed by atoms with Crippen LogP contribution >= 0.6 is 11.6 Å². The van der Waals surface area contributed by atoms with Crippen LogP contribution < -0.4 is 4.74 Å². The first kappa shape index (κ1) is 24.7. The van der Waals surface area contributed by atoms with E-state index in [-0.39, 0.29) is 17.6 Å². The van der Waals surface area contributed by atoms with Gasteiger partial charge in [0.15, 0.2) is 0 Å². The molecule has 2 aliphatic heterocycles. The predicted molar refractivity (Wildman–Crippen MR) is 136 cm³/mol. The van der Waals surface area contributed by atoms with Crippen LogP contribution in [0.1, 0.15) is 70.8 Å². The van der Waals surface area contributed by atoms with Gasteiger partial charge in [0.05, 0.1) is 13.0 Å². The van der Waals surface area contributed by atoms with E-state index in [4.69, 9.17) is 21.1 Å². The van der Waals surface area contributed by atoms with Gasteiger partial charge in [-0.2, -0.15) is 0 Å². The Morgan fingerprint density at radius 3 is 2.46 bits per heavy atom. The lowest BCUT2D eigenvalue weighted by atomic mass is 9.78. The molecule has 2 heterocycles. The third-order valence-corrected chi connectivity index (χ3v) is 9.45. The SMILES string of the molecule is CCC1(C2CCN(C(=O)OC3(C)CC3)CC2)CC1CCOc1ccc(CC(=O)N2CCC2)c(Cl)c1. The minimum atomic E-state index is -0.198. The number of hydrogen-bond donors (Lipinski definition) is 0.